The average Bonchev–Trinajstić information content (AvgIpc) is 3.20. The first-order valence-corrected chi connectivity index (χ1v) is 12.2. The zero-order valence-corrected chi connectivity index (χ0v) is 18.9. The van der Waals surface area contributed by atoms with E-state index in [0.717, 1.165) is 21.1 Å². The molecule has 0 spiro atoms. The molecule has 33 heavy (non-hydrogen) atoms. The van der Waals surface area contributed by atoms with E-state index in [1.54, 1.807) is 24.3 Å². The second-order valence-corrected chi connectivity index (χ2v) is 9.93. The summed E-state index contributed by atoms with van der Waals surface area (Å²) in [4.78, 5) is 18.3. The van der Waals surface area contributed by atoms with Crippen molar-refractivity contribution in [1.82, 2.24) is 13.9 Å². The molecule has 4 aromatic rings. The van der Waals surface area contributed by atoms with Gasteiger partial charge in [-0.25, -0.2) is 17.7 Å². The molecule has 0 aliphatic carbocycles. The summed E-state index contributed by atoms with van der Waals surface area (Å²) in [6.07, 6.45) is 1.96. The number of aromatic nitrogens is 2. The number of hydrogen-bond acceptors (Lipinski definition) is 4. The monoisotopic (exact) mass is 457 g/mol. The maximum absolute atomic E-state index is 13.8. The van der Waals surface area contributed by atoms with Crippen LogP contribution in [0.5, 0.6) is 0 Å². The van der Waals surface area contributed by atoms with E-state index in [2.05, 4.69) is 0 Å². The van der Waals surface area contributed by atoms with Crippen molar-refractivity contribution in [2.45, 2.75) is 30.8 Å². The summed E-state index contributed by atoms with van der Waals surface area (Å²) in [6, 6.07) is 24.7. The van der Waals surface area contributed by atoms with Gasteiger partial charge in [-0.2, -0.15) is 0 Å². The number of fused-ring (bicyclic) bond motifs is 1. The van der Waals surface area contributed by atoms with Gasteiger partial charge in [-0.3, -0.25) is 4.79 Å². The fourth-order valence-electron chi connectivity index (χ4n) is 4.17. The van der Waals surface area contributed by atoms with Crippen LogP contribution >= 0.6 is 0 Å². The van der Waals surface area contributed by atoms with Crippen LogP contribution in [-0.4, -0.2) is 28.2 Å². The van der Waals surface area contributed by atoms with Crippen molar-refractivity contribution in [2.24, 2.45) is 0 Å². The Morgan fingerprint density at radius 2 is 1.52 bits per heavy atom. The molecule has 0 bridgehead atoms. The standard InChI is InChI=1S/C26H23N3O3S/c1-19-12-14-22(15-13-19)33(31,32)29-24(30)16-17-28-18-23(20-8-4-2-5-9-20)27-26(28)25(29)21-10-6-3-7-11-21/h2-15,18,25H,16-17H2,1H3. The number of aryl methyl sites for hydroxylation is 2. The molecule has 1 aliphatic rings. The minimum atomic E-state index is -4.12. The highest BCUT2D eigenvalue weighted by molar-refractivity contribution is 7.89. The molecular formula is C26H23N3O3S. The minimum Gasteiger partial charge on any atom is -0.332 e. The van der Waals surface area contributed by atoms with Crippen molar-refractivity contribution < 1.29 is 13.2 Å². The molecule has 1 amide bonds. The largest absolute Gasteiger partial charge is 0.332 e. The van der Waals surface area contributed by atoms with Gasteiger partial charge in [0.05, 0.1) is 10.6 Å². The summed E-state index contributed by atoms with van der Waals surface area (Å²) < 4.78 is 30.5. The SMILES string of the molecule is Cc1ccc(S(=O)(=O)N2C(=O)CCn3cc(-c4ccccc4)nc3C2c2ccccc2)cc1. The first kappa shape index (κ1) is 21.2. The second kappa shape index (κ2) is 8.33. The van der Waals surface area contributed by atoms with Crippen LogP contribution in [0.4, 0.5) is 0 Å². The molecule has 0 saturated heterocycles. The molecule has 0 saturated carbocycles. The predicted octanol–water partition coefficient (Wildman–Crippen LogP) is 4.57. The molecule has 1 aliphatic heterocycles. The maximum Gasteiger partial charge on any atom is 0.267 e. The fourth-order valence-corrected chi connectivity index (χ4v) is 5.73. The van der Waals surface area contributed by atoms with Gasteiger partial charge < -0.3 is 4.57 Å². The molecule has 0 fully saturated rings. The Labute approximate surface area is 193 Å². The number of amides is 1. The average molecular weight is 458 g/mol. The number of rotatable bonds is 4. The number of carbonyl (C=O) groups excluding carboxylic acids is 1. The van der Waals surface area contributed by atoms with E-state index >= 15 is 0 Å². The zero-order valence-electron chi connectivity index (χ0n) is 18.1. The highest BCUT2D eigenvalue weighted by Gasteiger charge is 2.41. The van der Waals surface area contributed by atoms with E-state index in [0.29, 0.717) is 17.9 Å². The van der Waals surface area contributed by atoms with Crippen LogP contribution in [0.3, 0.4) is 0 Å². The van der Waals surface area contributed by atoms with Gasteiger partial charge in [0.2, 0.25) is 5.91 Å². The van der Waals surface area contributed by atoms with Crippen LogP contribution in [0.15, 0.2) is 96.0 Å². The van der Waals surface area contributed by atoms with Gasteiger partial charge in [-0.05, 0) is 24.6 Å². The molecule has 1 aromatic heterocycles. The van der Waals surface area contributed by atoms with Crippen LogP contribution in [-0.2, 0) is 21.4 Å². The lowest BCUT2D eigenvalue weighted by molar-refractivity contribution is -0.127. The Bertz CT molecular complexity index is 1400. The molecule has 1 atom stereocenters. The lowest BCUT2D eigenvalue weighted by Gasteiger charge is -2.29. The number of sulfonamides is 1. The van der Waals surface area contributed by atoms with Gasteiger partial charge in [0.25, 0.3) is 10.0 Å². The van der Waals surface area contributed by atoms with Gasteiger partial charge in [-0.15, -0.1) is 0 Å². The van der Waals surface area contributed by atoms with Gasteiger partial charge in [-0.1, -0.05) is 78.4 Å². The van der Waals surface area contributed by atoms with Crippen LogP contribution in [0, 0.1) is 6.92 Å². The normalized spacial score (nSPS) is 16.3. The van der Waals surface area contributed by atoms with E-state index in [1.807, 2.05) is 78.4 Å². The number of carbonyl (C=O) groups is 1. The summed E-state index contributed by atoms with van der Waals surface area (Å²) in [5.74, 6) is 0.0813. The van der Waals surface area contributed by atoms with E-state index < -0.39 is 22.0 Å². The lowest BCUT2D eigenvalue weighted by Crippen LogP contribution is -2.39. The number of nitrogens with zero attached hydrogens (tertiary/aromatic N) is 3. The molecule has 7 heteroatoms. The molecule has 6 nitrogen and oxygen atoms in total. The molecule has 0 N–H and O–H groups in total. The molecule has 3 aromatic carbocycles. The van der Waals surface area contributed by atoms with Crippen LogP contribution in [0.25, 0.3) is 11.3 Å². The summed E-state index contributed by atoms with van der Waals surface area (Å²) in [5.41, 5.74) is 3.31. The van der Waals surface area contributed by atoms with Crippen molar-refractivity contribution in [3.8, 4) is 11.3 Å². The van der Waals surface area contributed by atoms with Gasteiger partial charge >= 0.3 is 0 Å². The first-order chi connectivity index (χ1) is 15.9. The van der Waals surface area contributed by atoms with Crippen molar-refractivity contribution in [1.29, 1.82) is 0 Å². The number of benzene rings is 3. The summed E-state index contributed by atoms with van der Waals surface area (Å²) in [7, 11) is -4.12. The quantitative estimate of drug-likeness (QED) is 0.450. The molecule has 0 radical (unpaired) electrons. The summed E-state index contributed by atoms with van der Waals surface area (Å²) >= 11 is 0. The predicted molar refractivity (Wildman–Crippen MR) is 126 cm³/mol. The van der Waals surface area contributed by atoms with Gasteiger partial charge in [0, 0.05) is 24.7 Å². The number of imidazole rings is 1. The van der Waals surface area contributed by atoms with E-state index in [9.17, 15) is 13.2 Å². The van der Waals surface area contributed by atoms with E-state index in [-0.39, 0.29) is 11.3 Å². The third-order valence-electron chi connectivity index (χ3n) is 5.86. The van der Waals surface area contributed by atoms with Crippen LogP contribution in [0.1, 0.15) is 29.4 Å². The molecule has 5 rings (SSSR count). The second-order valence-electron chi connectivity index (χ2n) is 8.11. The van der Waals surface area contributed by atoms with Crippen molar-refractivity contribution >= 4 is 15.9 Å². The topological polar surface area (TPSA) is 72.3 Å². The van der Waals surface area contributed by atoms with Crippen molar-refractivity contribution in [3.63, 3.8) is 0 Å². The molecular weight excluding hydrogens is 434 g/mol. The lowest BCUT2D eigenvalue weighted by atomic mass is 10.1. The first-order valence-electron chi connectivity index (χ1n) is 10.8. The van der Waals surface area contributed by atoms with Gasteiger partial charge in [0.15, 0.2) is 0 Å². The Hall–Kier alpha value is -3.71. The molecule has 1 unspecified atom stereocenters. The Kier molecular flexibility index (Phi) is 5.34. The summed E-state index contributed by atoms with van der Waals surface area (Å²) in [6.45, 7) is 2.25. The van der Waals surface area contributed by atoms with Gasteiger partial charge in [0.1, 0.15) is 11.9 Å². The van der Waals surface area contributed by atoms with E-state index in [4.69, 9.17) is 4.98 Å². The zero-order chi connectivity index (χ0) is 23.0. The highest BCUT2D eigenvalue weighted by Crippen LogP contribution is 2.37. The highest BCUT2D eigenvalue weighted by atomic mass is 32.2. The molecule has 166 valence electrons. The number of hydrogen-bond donors (Lipinski definition) is 0. The summed E-state index contributed by atoms with van der Waals surface area (Å²) in [5, 5.41) is 0. The van der Waals surface area contributed by atoms with Crippen LogP contribution in [0.2, 0.25) is 0 Å². The fraction of sp³-hybridized carbons (Fsp3) is 0.154. The third kappa shape index (κ3) is 3.85. The maximum atomic E-state index is 13.8. The Morgan fingerprint density at radius 1 is 0.879 bits per heavy atom. The molecule has 2 heterocycles. The van der Waals surface area contributed by atoms with Crippen molar-refractivity contribution in [3.05, 3.63) is 108 Å². The minimum absolute atomic E-state index is 0.0615. The Balaban J connectivity index is 1.71. The van der Waals surface area contributed by atoms with Crippen molar-refractivity contribution in [2.75, 3.05) is 0 Å². The van der Waals surface area contributed by atoms with E-state index in [1.165, 1.54) is 0 Å². The van der Waals surface area contributed by atoms with Crippen LogP contribution < -0.4 is 0 Å². The smallest absolute Gasteiger partial charge is 0.267 e. The Morgan fingerprint density at radius 3 is 2.18 bits per heavy atom. The third-order valence-corrected chi connectivity index (χ3v) is 7.66.